The quantitative estimate of drug-likeness (QED) is 0.226. The van der Waals surface area contributed by atoms with Gasteiger partial charge in [-0.1, -0.05) is 12.1 Å². The van der Waals surface area contributed by atoms with Gasteiger partial charge in [-0.3, -0.25) is 10.8 Å². The van der Waals surface area contributed by atoms with Crippen LogP contribution in [-0.4, -0.2) is 27.8 Å². The van der Waals surface area contributed by atoms with Crippen molar-refractivity contribution in [2.75, 3.05) is 5.32 Å². The monoisotopic (exact) mass is 397 g/mol. The number of imidazole rings is 1. The first-order valence-corrected chi connectivity index (χ1v) is 7.78. The van der Waals surface area contributed by atoms with Crippen LogP contribution in [0.15, 0.2) is 36.4 Å². The van der Waals surface area contributed by atoms with Gasteiger partial charge < -0.3 is 27.1 Å². The van der Waals surface area contributed by atoms with Crippen LogP contribution >= 0.6 is 0 Å². The molecule has 1 unspecified atom stereocenters. The van der Waals surface area contributed by atoms with E-state index in [2.05, 4.69) is 20.6 Å². The Kier molecular flexibility index (Phi) is 4.65. The largest absolute Gasteiger partial charge is 0.663 e. The molecule has 0 fully saturated rings. The molecule has 1 aromatic heterocycles. The Balaban J connectivity index is 0.00000196. The van der Waals surface area contributed by atoms with Crippen molar-refractivity contribution in [2.45, 2.75) is 12.6 Å². The second-order valence-corrected chi connectivity index (χ2v) is 5.97. The molecule has 0 bridgehead atoms. The maximum atomic E-state index is 7.52. The fourth-order valence-electron chi connectivity index (χ4n) is 2.92. The van der Waals surface area contributed by atoms with Crippen molar-refractivity contribution in [3.8, 4) is 0 Å². The van der Waals surface area contributed by atoms with Crippen molar-refractivity contribution in [3.63, 3.8) is 0 Å². The average Bonchev–Trinajstić information content (AvgIpc) is 3.15. The zero-order valence-corrected chi connectivity index (χ0v) is 17.0. The molecule has 128 valence electrons. The van der Waals surface area contributed by atoms with Crippen LogP contribution in [0.2, 0.25) is 0 Å². The van der Waals surface area contributed by atoms with Crippen LogP contribution in [0.25, 0.3) is 16.4 Å². The third-order valence-corrected chi connectivity index (χ3v) is 4.15. The molecule has 2 heterocycles. The van der Waals surface area contributed by atoms with Crippen molar-refractivity contribution < 1.29 is 19.5 Å². The third-order valence-electron chi connectivity index (χ3n) is 4.15. The van der Waals surface area contributed by atoms with Gasteiger partial charge in [-0.15, -0.1) is 5.69 Å². The predicted molar refractivity (Wildman–Crippen MR) is 98.7 cm³/mol. The Hall–Kier alpha value is -2.93. The van der Waals surface area contributed by atoms with Crippen LogP contribution in [-0.2, 0) is 25.9 Å². The molecule has 4 rings (SSSR count). The molecule has 1 atom stereocenters. The molecule has 8 N–H and O–H groups in total. The number of nitrogens with two attached hydrogens (primary N) is 2. The van der Waals surface area contributed by atoms with Gasteiger partial charge in [-0.2, -0.15) is 0 Å². The normalized spacial score (nSPS) is 14.8. The summed E-state index contributed by atoms with van der Waals surface area (Å²) in [6.07, 6.45) is 0.457. The number of nitrogen functional groups attached to an aromatic ring is 2. The van der Waals surface area contributed by atoms with E-state index in [0.717, 1.165) is 28.2 Å². The number of amidine groups is 2. The molecule has 0 amide bonds. The van der Waals surface area contributed by atoms with Gasteiger partial charge in [-0.05, 0) is 30.4 Å². The van der Waals surface area contributed by atoms with Gasteiger partial charge in [0.15, 0.2) is 0 Å². The molecular weight excluding hydrogens is 382 g/mol. The number of anilines is 1. The van der Waals surface area contributed by atoms with Gasteiger partial charge in [0.2, 0.25) is 0 Å². The number of aromatic amines is 1. The minimum atomic E-state index is -0.134. The first-order valence-electron chi connectivity index (χ1n) is 7.78. The van der Waals surface area contributed by atoms with Gasteiger partial charge >= 0.3 is 0 Å². The zero-order chi connectivity index (χ0) is 17.6. The van der Waals surface area contributed by atoms with E-state index in [1.807, 2.05) is 24.3 Å². The maximum Gasteiger partial charge on any atom is 0.122 e. The van der Waals surface area contributed by atoms with E-state index in [1.165, 1.54) is 0 Å². The van der Waals surface area contributed by atoms with Gasteiger partial charge in [0.25, 0.3) is 0 Å². The topological polar surface area (TPSA) is 155 Å². The van der Waals surface area contributed by atoms with E-state index in [0.29, 0.717) is 17.5 Å². The van der Waals surface area contributed by atoms with Crippen LogP contribution in [0.4, 0.5) is 11.4 Å². The summed E-state index contributed by atoms with van der Waals surface area (Å²) in [5.41, 5.74) is 15.8. The number of H-pyrrole nitrogens is 1. The number of hydrogen-bond donors (Lipinski definition) is 6. The molecule has 26 heavy (non-hydrogen) atoms. The van der Waals surface area contributed by atoms with Crippen LogP contribution < -0.4 is 16.8 Å². The Morgan fingerprint density at radius 1 is 1.08 bits per heavy atom. The van der Waals surface area contributed by atoms with Crippen LogP contribution in [0.3, 0.4) is 0 Å². The Labute approximate surface area is 162 Å². The second kappa shape index (κ2) is 6.76. The molecule has 0 saturated carbocycles. The molecule has 1 aliphatic rings. The number of nitrogens with zero attached hydrogens (tertiary/aromatic N) is 2. The second-order valence-electron chi connectivity index (χ2n) is 5.97. The number of aromatic nitrogens is 2. The third kappa shape index (κ3) is 3.26. The Morgan fingerprint density at radius 2 is 1.77 bits per heavy atom. The van der Waals surface area contributed by atoms with Gasteiger partial charge in [0.05, 0.1) is 11.0 Å². The molecular formula is C17H17N8Zn-. The van der Waals surface area contributed by atoms with E-state index in [9.17, 15) is 0 Å². The van der Waals surface area contributed by atoms with E-state index in [4.69, 9.17) is 22.3 Å². The molecule has 2 aromatic carbocycles. The van der Waals surface area contributed by atoms with Gasteiger partial charge in [0, 0.05) is 42.7 Å². The molecule has 0 aliphatic carbocycles. The maximum absolute atomic E-state index is 7.52. The number of benzene rings is 2. The van der Waals surface area contributed by atoms with E-state index < -0.39 is 0 Å². The van der Waals surface area contributed by atoms with Crippen LogP contribution in [0, 0.1) is 10.8 Å². The summed E-state index contributed by atoms with van der Waals surface area (Å²) >= 11 is 0. The summed E-state index contributed by atoms with van der Waals surface area (Å²) in [5.74, 6) is 0.866. The van der Waals surface area contributed by atoms with Crippen LogP contribution in [0.5, 0.6) is 0 Å². The molecule has 1 aliphatic heterocycles. The van der Waals surface area contributed by atoms with E-state index >= 15 is 0 Å². The van der Waals surface area contributed by atoms with Gasteiger partial charge in [-0.25, -0.2) is 4.98 Å². The number of hydrogen-bond acceptors (Lipinski definition) is 4. The molecule has 8 nitrogen and oxygen atoms in total. The molecule has 3 aromatic rings. The van der Waals surface area contributed by atoms with Crippen molar-refractivity contribution >= 4 is 34.1 Å². The first kappa shape index (κ1) is 17.9. The minimum Gasteiger partial charge on any atom is -0.663 e. The molecule has 0 spiro atoms. The summed E-state index contributed by atoms with van der Waals surface area (Å²) in [4.78, 5) is 7.82. The SMILES string of the molecule is N=C(N)c1ccc2c(c1)NC(Cc1nc3ccc(C(=N)N)cc3[nH]1)[N-]2.[Zn]. The predicted octanol–water partition coefficient (Wildman–Crippen LogP) is 2.13. The number of fused-ring (bicyclic) bond motifs is 2. The molecule has 9 heteroatoms. The number of rotatable bonds is 4. The Bertz CT molecular complexity index is 1010. The summed E-state index contributed by atoms with van der Waals surface area (Å²) < 4.78 is 0. The van der Waals surface area contributed by atoms with Crippen molar-refractivity contribution in [3.05, 3.63) is 58.7 Å². The summed E-state index contributed by atoms with van der Waals surface area (Å²) in [6, 6.07) is 10.9. The van der Waals surface area contributed by atoms with Crippen molar-refractivity contribution in [1.29, 1.82) is 10.8 Å². The fraction of sp³-hybridized carbons (Fsp3) is 0.118. The first-order chi connectivity index (χ1) is 12.0. The summed E-state index contributed by atoms with van der Waals surface area (Å²) in [6.45, 7) is 0. The standard InChI is InChI=1S/C17H17N8.Zn/c18-16(19)8-1-3-10-12(5-8)24-14(22-10)7-15-23-11-4-2-9(17(20)21)6-13(11)25-15;/h1-6,14,24H,7H2,(H3,18,19)(H3,20,21)(H,23,25);/q-1;. The molecule has 0 saturated heterocycles. The van der Waals surface area contributed by atoms with Crippen molar-refractivity contribution in [1.82, 2.24) is 9.97 Å². The smallest absolute Gasteiger partial charge is 0.122 e. The molecule has 0 radical (unpaired) electrons. The summed E-state index contributed by atoms with van der Waals surface area (Å²) in [7, 11) is 0. The van der Waals surface area contributed by atoms with Crippen LogP contribution in [0.1, 0.15) is 17.0 Å². The fourth-order valence-corrected chi connectivity index (χ4v) is 2.92. The van der Waals surface area contributed by atoms with Gasteiger partial charge in [0.1, 0.15) is 17.5 Å². The summed E-state index contributed by atoms with van der Waals surface area (Å²) in [5, 5.41) is 23.0. The minimum absolute atomic E-state index is 0. The average molecular weight is 399 g/mol. The Morgan fingerprint density at radius 3 is 2.50 bits per heavy atom. The zero-order valence-electron chi connectivity index (χ0n) is 14.0. The van der Waals surface area contributed by atoms with E-state index in [1.54, 1.807) is 12.1 Å². The number of nitrogens with one attached hydrogen (secondary N) is 4. The van der Waals surface area contributed by atoms with E-state index in [-0.39, 0.29) is 37.3 Å². The van der Waals surface area contributed by atoms with Crippen molar-refractivity contribution in [2.24, 2.45) is 11.5 Å².